The lowest BCUT2D eigenvalue weighted by Crippen LogP contribution is -2.56. The summed E-state index contributed by atoms with van der Waals surface area (Å²) in [5, 5.41) is 3.10. The van der Waals surface area contributed by atoms with Gasteiger partial charge in [0.25, 0.3) is 0 Å². The Balaban J connectivity index is 0.000000291. The van der Waals surface area contributed by atoms with E-state index in [0.717, 1.165) is 43.4 Å². The summed E-state index contributed by atoms with van der Waals surface area (Å²) in [6.45, 7) is 18.5. The van der Waals surface area contributed by atoms with Gasteiger partial charge in [-0.2, -0.15) is 0 Å². The molecule has 3 amide bonds. The Morgan fingerprint density at radius 1 is 0.645 bits per heavy atom. The van der Waals surface area contributed by atoms with Crippen LogP contribution in [0.4, 0.5) is 0 Å². The molecule has 13 heteroatoms. The molecule has 6 rings (SSSR count). The fourth-order valence-corrected chi connectivity index (χ4v) is 8.61. The van der Waals surface area contributed by atoms with Crippen molar-refractivity contribution in [1.82, 2.24) is 20.0 Å². The molecule has 0 bridgehead atoms. The van der Waals surface area contributed by atoms with Crippen molar-refractivity contribution in [3.05, 3.63) is 71.8 Å². The zero-order valence-electron chi connectivity index (χ0n) is 37.6. The van der Waals surface area contributed by atoms with Crippen LogP contribution in [0.15, 0.2) is 60.7 Å². The van der Waals surface area contributed by atoms with E-state index >= 15 is 0 Å². The Bertz CT molecular complexity index is 1780. The van der Waals surface area contributed by atoms with Crippen molar-refractivity contribution in [1.29, 1.82) is 0 Å². The van der Waals surface area contributed by atoms with E-state index in [1.54, 1.807) is 28.5 Å². The number of ether oxygens (including phenoxy) is 2. The number of carbonyl (C=O) groups excluding carboxylic acids is 6. The predicted octanol–water partition coefficient (Wildman–Crippen LogP) is 7.94. The number of rotatable bonds is 14. The second kappa shape index (κ2) is 24.0. The van der Waals surface area contributed by atoms with Crippen LogP contribution in [0, 0.1) is 23.7 Å². The van der Waals surface area contributed by atoms with Gasteiger partial charge >= 0.3 is 11.9 Å². The minimum absolute atomic E-state index is 0. The van der Waals surface area contributed by atoms with Gasteiger partial charge in [0, 0.05) is 31.5 Å². The highest BCUT2D eigenvalue weighted by atomic mass is 35.5. The van der Waals surface area contributed by atoms with Gasteiger partial charge in [-0.25, -0.2) is 9.59 Å². The van der Waals surface area contributed by atoms with Crippen LogP contribution in [-0.4, -0.2) is 98.9 Å². The van der Waals surface area contributed by atoms with Crippen molar-refractivity contribution >= 4 is 46.5 Å². The second-order valence-corrected chi connectivity index (χ2v) is 18.7. The van der Waals surface area contributed by atoms with Gasteiger partial charge in [-0.05, 0) is 92.5 Å². The molecule has 0 aromatic heterocycles. The Labute approximate surface area is 375 Å². The summed E-state index contributed by atoms with van der Waals surface area (Å²) in [6, 6.07) is 18.1. The number of esters is 2. The lowest BCUT2D eigenvalue weighted by molar-refractivity contribution is -0.158. The van der Waals surface area contributed by atoms with Crippen LogP contribution in [-0.2, 0) is 51.5 Å². The molecule has 4 saturated heterocycles. The van der Waals surface area contributed by atoms with E-state index in [0.29, 0.717) is 51.2 Å². The fraction of sp³-hybridized carbons (Fsp3) is 0.633. The Morgan fingerprint density at radius 2 is 1.11 bits per heavy atom. The molecule has 1 N–H and O–H groups in total. The maximum Gasteiger partial charge on any atom is 0.329 e. The van der Waals surface area contributed by atoms with Crippen LogP contribution in [0.3, 0.4) is 0 Å². The molecule has 2 aromatic carbocycles. The zero-order chi connectivity index (χ0) is 44.9. The van der Waals surface area contributed by atoms with E-state index in [1.807, 2.05) is 88.4 Å². The molecule has 62 heavy (non-hydrogen) atoms. The Hall–Kier alpha value is -4.29. The molecule has 2 spiro atoms. The van der Waals surface area contributed by atoms with E-state index in [1.165, 1.54) is 0 Å². The van der Waals surface area contributed by atoms with Crippen molar-refractivity contribution in [3.8, 4) is 0 Å². The molecular formula is C49H73ClN4O8. The smallest absolute Gasteiger partial charge is 0.329 e. The highest BCUT2D eigenvalue weighted by molar-refractivity contribution is 6.63. The van der Waals surface area contributed by atoms with Gasteiger partial charge in [0.05, 0.1) is 5.54 Å². The minimum Gasteiger partial charge on any atom is -0.459 e. The van der Waals surface area contributed by atoms with Crippen LogP contribution in [0.5, 0.6) is 0 Å². The number of amides is 3. The molecular weight excluding hydrogens is 808 g/mol. The summed E-state index contributed by atoms with van der Waals surface area (Å²) < 4.78 is 11.2. The van der Waals surface area contributed by atoms with E-state index in [-0.39, 0.29) is 73.3 Å². The van der Waals surface area contributed by atoms with Crippen molar-refractivity contribution in [2.75, 3.05) is 26.2 Å². The molecule has 344 valence electrons. The van der Waals surface area contributed by atoms with Crippen LogP contribution in [0.1, 0.15) is 125 Å². The molecule has 4 fully saturated rings. The molecule has 4 aliphatic rings. The largest absolute Gasteiger partial charge is 0.459 e. The average molecular weight is 882 g/mol. The number of nitrogens with one attached hydrogen (secondary N) is 1. The first kappa shape index (κ1) is 52.1. The van der Waals surface area contributed by atoms with Crippen LogP contribution < -0.4 is 5.32 Å². The first-order chi connectivity index (χ1) is 28.9. The number of halogens is 1. The second-order valence-electron chi connectivity index (χ2n) is 18.3. The number of hydrogen-bond donors (Lipinski definition) is 1. The molecule has 4 heterocycles. The third-order valence-electron chi connectivity index (χ3n) is 12.0. The van der Waals surface area contributed by atoms with Gasteiger partial charge in [0.2, 0.25) is 23.0 Å². The van der Waals surface area contributed by atoms with Crippen LogP contribution in [0.2, 0.25) is 0 Å². The van der Waals surface area contributed by atoms with Gasteiger partial charge in [-0.3, -0.25) is 19.2 Å². The summed E-state index contributed by atoms with van der Waals surface area (Å²) in [7, 11) is 0. The first-order valence-electron chi connectivity index (χ1n) is 22.2. The summed E-state index contributed by atoms with van der Waals surface area (Å²) in [5.41, 5.74) is 0.661. The topological polar surface area (TPSA) is 143 Å². The molecule has 0 radical (unpaired) electrons. The molecule has 0 aliphatic carbocycles. The normalized spacial score (nSPS) is 21.5. The van der Waals surface area contributed by atoms with Gasteiger partial charge in [0.15, 0.2) is 0 Å². The summed E-state index contributed by atoms with van der Waals surface area (Å²) in [5.74, 6) is -0.261. The molecule has 0 saturated carbocycles. The van der Waals surface area contributed by atoms with E-state index in [2.05, 4.69) is 19.2 Å². The minimum atomic E-state index is -0.781. The quantitative estimate of drug-likeness (QED) is 0.148. The van der Waals surface area contributed by atoms with E-state index < -0.39 is 23.2 Å². The standard InChI is InChI=1S/C24H34N2O4.C20H28N2O3.C4H7ClO.CH4/c1-17(2)15-20(22(28)30-16-19-9-6-5-7-10-19)25-14-12-24(23(25)29)11-8-13-26(24)21(27)18(3)4;1-15(2)13-17(18(23)25-14-16-7-4-3-5-8-16)22-12-10-20(19(22)24)9-6-11-21-20;1-3(2)4(5)6;/h5-7,9-10,17-18,20H,8,11-16H2,1-4H3;3-5,7-8,15,17,21H,6,9-14H2,1-2H3;3H,1-2H3;1H4/t20-,24-;17-,20-;;/m11../s1. The van der Waals surface area contributed by atoms with Crippen molar-refractivity contribution in [2.24, 2.45) is 23.7 Å². The van der Waals surface area contributed by atoms with E-state index in [4.69, 9.17) is 21.1 Å². The van der Waals surface area contributed by atoms with Crippen molar-refractivity contribution < 1.29 is 38.2 Å². The summed E-state index contributed by atoms with van der Waals surface area (Å²) in [4.78, 5) is 80.2. The van der Waals surface area contributed by atoms with Gasteiger partial charge in [-0.1, -0.05) is 123 Å². The Morgan fingerprint density at radius 3 is 1.53 bits per heavy atom. The monoisotopic (exact) mass is 881 g/mol. The summed E-state index contributed by atoms with van der Waals surface area (Å²) in [6.07, 6.45) is 5.95. The van der Waals surface area contributed by atoms with Crippen LogP contribution >= 0.6 is 11.6 Å². The van der Waals surface area contributed by atoms with Crippen molar-refractivity contribution in [2.45, 2.75) is 151 Å². The van der Waals surface area contributed by atoms with E-state index in [9.17, 15) is 28.8 Å². The van der Waals surface area contributed by atoms with Crippen LogP contribution in [0.25, 0.3) is 0 Å². The zero-order valence-corrected chi connectivity index (χ0v) is 38.4. The number of carbonyl (C=O) groups is 6. The summed E-state index contributed by atoms with van der Waals surface area (Å²) >= 11 is 4.97. The third kappa shape index (κ3) is 13.4. The lowest BCUT2D eigenvalue weighted by atomic mass is 9.93. The molecule has 4 aliphatic heterocycles. The Kier molecular flexibility index (Phi) is 20.1. The maximum absolute atomic E-state index is 13.6. The first-order valence-corrected chi connectivity index (χ1v) is 22.6. The maximum atomic E-state index is 13.6. The highest BCUT2D eigenvalue weighted by Gasteiger charge is 2.57. The molecule has 0 unspecified atom stereocenters. The number of nitrogens with zero attached hydrogens (tertiary/aromatic N) is 3. The fourth-order valence-electron chi connectivity index (χ4n) is 8.61. The number of hydrogen-bond acceptors (Lipinski definition) is 9. The molecule has 2 aromatic rings. The highest BCUT2D eigenvalue weighted by Crippen LogP contribution is 2.41. The molecule has 12 nitrogen and oxygen atoms in total. The third-order valence-corrected chi connectivity index (χ3v) is 12.4. The van der Waals surface area contributed by atoms with Gasteiger partial charge in [-0.15, -0.1) is 0 Å². The van der Waals surface area contributed by atoms with Gasteiger partial charge < -0.3 is 29.5 Å². The average Bonchev–Trinajstić information content (AvgIpc) is 4.03. The number of likely N-dealkylation sites (tertiary alicyclic amines) is 3. The lowest BCUT2D eigenvalue weighted by Gasteiger charge is -2.36. The number of benzene rings is 2. The predicted molar refractivity (Wildman–Crippen MR) is 243 cm³/mol. The van der Waals surface area contributed by atoms with Crippen molar-refractivity contribution in [3.63, 3.8) is 0 Å². The van der Waals surface area contributed by atoms with Gasteiger partial charge in [0.1, 0.15) is 30.8 Å². The SMILES string of the molecule is C.CC(C)C(=O)Cl.CC(C)C[C@H](C(=O)OCc1ccccc1)N1CC[C@]2(CCCN2)C1=O.CC(C)C[C@H](C(=O)OCc1ccccc1)N1CC[C@]2(CCCN2C(=O)C(C)C)C1=O. The molecule has 4 atom stereocenters.